The van der Waals surface area contributed by atoms with Crippen molar-refractivity contribution < 1.29 is 40.4 Å². The quantitative estimate of drug-likeness (QED) is 0.290. The van der Waals surface area contributed by atoms with Crippen LogP contribution in [0.4, 0.5) is 0 Å². The van der Waals surface area contributed by atoms with Crippen molar-refractivity contribution in [1.29, 1.82) is 0 Å². The van der Waals surface area contributed by atoms with Gasteiger partial charge in [0, 0.05) is 12.4 Å². The Hall–Kier alpha value is -0.0751. The Morgan fingerprint density at radius 2 is 2.30 bits per heavy atom. The number of hydrogen-bond acceptors (Lipinski definition) is 9. The van der Waals surface area contributed by atoms with Gasteiger partial charge in [0.05, 0.1) is 25.4 Å². The van der Waals surface area contributed by atoms with Gasteiger partial charge in [-0.2, -0.15) is 8.42 Å². The number of aliphatic hydroxyl groups is 1. The average Bonchev–Trinajstić information content (AvgIpc) is 2.67. The van der Waals surface area contributed by atoms with Crippen molar-refractivity contribution >= 4 is 28.5 Å². The Morgan fingerprint density at radius 3 is 2.75 bits per heavy atom. The van der Waals surface area contributed by atoms with E-state index in [-0.39, 0.29) is 19.0 Å². The normalized spacial score (nSPS) is 24.4. The molecule has 1 aliphatic rings. The van der Waals surface area contributed by atoms with Crippen molar-refractivity contribution in [2.45, 2.75) is 19.1 Å². The molecule has 1 saturated heterocycles. The maximum absolute atomic E-state index is 11.1. The van der Waals surface area contributed by atoms with Crippen LogP contribution in [0.5, 0.6) is 0 Å². The fourth-order valence-corrected chi connectivity index (χ4v) is 3.00. The molecule has 1 heterocycles. The molecule has 1 aliphatic heterocycles. The van der Waals surface area contributed by atoms with Gasteiger partial charge in [0.25, 0.3) is 10.1 Å². The second-order valence-corrected chi connectivity index (χ2v) is 6.55. The number of hydrogen-bond donors (Lipinski definition) is 1. The zero-order chi connectivity index (χ0) is 15.2. The van der Waals surface area contributed by atoms with E-state index in [0.717, 1.165) is 0 Å². The molecule has 0 amide bonds. The summed E-state index contributed by atoms with van der Waals surface area (Å²) in [5, 5.41) is 9.01. The molecule has 1 fully saturated rings. The Bertz CT molecular complexity index is 414. The third-order valence-corrected chi connectivity index (χ3v) is 4.18. The van der Waals surface area contributed by atoms with Crippen molar-refractivity contribution in [2.75, 3.05) is 31.3 Å². The van der Waals surface area contributed by atoms with Gasteiger partial charge in [-0.05, 0) is 6.92 Å². The van der Waals surface area contributed by atoms with Gasteiger partial charge in [-0.3, -0.25) is 8.39 Å². The molecular formula is C8H16BO9S2-. The van der Waals surface area contributed by atoms with Crippen LogP contribution in [-0.2, 0) is 39.3 Å². The van der Waals surface area contributed by atoms with Crippen LogP contribution in [0.1, 0.15) is 6.92 Å². The van der Waals surface area contributed by atoms with Crippen LogP contribution in [0.2, 0.25) is 0 Å². The largest absolute Gasteiger partial charge is 0.772 e. The standard InChI is InChI=1S/C8H17BO9S2/c1-2-15-9(17-7(3-10)5-19(11)12)18-8-4-16-20(13,14)6-8/h7-8,10H,2-6H2,1H3,(H,11,12)/p-1. The first-order valence-electron chi connectivity index (χ1n) is 5.82. The molecule has 3 atom stereocenters. The van der Waals surface area contributed by atoms with Crippen molar-refractivity contribution in [3.63, 3.8) is 0 Å². The molecule has 0 aromatic heterocycles. The Morgan fingerprint density at radius 1 is 1.60 bits per heavy atom. The summed E-state index contributed by atoms with van der Waals surface area (Å²) in [6.07, 6.45) is -1.79. The van der Waals surface area contributed by atoms with Gasteiger partial charge < -0.3 is 23.6 Å². The van der Waals surface area contributed by atoms with E-state index in [1.165, 1.54) is 0 Å². The predicted molar refractivity (Wildman–Crippen MR) is 67.7 cm³/mol. The van der Waals surface area contributed by atoms with Crippen LogP contribution in [0, 0.1) is 0 Å². The summed E-state index contributed by atoms with van der Waals surface area (Å²) in [6.45, 7) is 1.15. The van der Waals surface area contributed by atoms with Gasteiger partial charge in [0.1, 0.15) is 5.75 Å². The molecule has 3 unspecified atom stereocenters. The molecule has 118 valence electrons. The van der Waals surface area contributed by atoms with Crippen molar-refractivity contribution in [2.24, 2.45) is 0 Å². The molecule has 9 nitrogen and oxygen atoms in total. The van der Waals surface area contributed by atoms with Crippen LogP contribution in [-0.4, -0.2) is 73.1 Å². The van der Waals surface area contributed by atoms with Crippen molar-refractivity contribution in [3.05, 3.63) is 0 Å². The van der Waals surface area contributed by atoms with Gasteiger partial charge in [-0.15, -0.1) is 0 Å². The maximum atomic E-state index is 11.1. The summed E-state index contributed by atoms with van der Waals surface area (Å²) in [5.74, 6) is -0.764. The van der Waals surface area contributed by atoms with Crippen LogP contribution in [0.15, 0.2) is 0 Å². The van der Waals surface area contributed by atoms with Gasteiger partial charge in [-0.1, -0.05) is 11.1 Å². The highest BCUT2D eigenvalue weighted by molar-refractivity contribution is 7.87. The lowest BCUT2D eigenvalue weighted by Crippen LogP contribution is -2.40. The van der Waals surface area contributed by atoms with Gasteiger partial charge >= 0.3 is 7.32 Å². The molecule has 0 spiro atoms. The topological polar surface area (TPSA) is 131 Å². The first-order chi connectivity index (χ1) is 9.36. The minimum atomic E-state index is -3.59. The first-order valence-corrected chi connectivity index (χ1v) is 8.64. The summed E-state index contributed by atoms with van der Waals surface area (Å²) >= 11 is -2.40. The Labute approximate surface area is 120 Å². The second kappa shape index (κ2) is 8.39. The SMILES string of the molecule is CCOB(OC(CO)CS(=O)[O-])OC1COS(=O)(=O)C1. The van der Waals surface area contributed by atoms with Gasteiger partial charge in [0.2, 0.25) is 0 Å². The molecule has 0 radical (unpaired) electrons. The van der Waals surface area contributed by atoms with E-state index in [2.05, 4.69) is 4.18 Å². The van der Waals surface area contributed by atoms with E-state index in [1.807, 2.05) is 0 Å². The summed E-state index contributed by atoms with van der Waals surface area (Å²) in [6, 6.07) is 0. The minimum absolute atomic E-state index is 0.160. The van der Waals surface area contributed by atoms with Crippen LogP contribution < -0.4 is 0 Å². The highest BCUT2D eigenvalue weighted by Crippen LogP contribution is 2.14. The van der Waals surface area contributed by atoms with Crippen LogP contribution in [0.3, 0.4) is 0 Å². The molecule has 0 saturated carbocycles. The van der Waals surface area contributed by atoms with Crippen LogP contribution >= 0.6 is 0 Å². The fraction of sp³-hybridized carbons (Fsp3) is 1.00. The van der Waals surface area contributed by atoms with Crippen molar-refractivity contribution in [1.82, 2.24) is 0 Å². The summed E-state index contributed by atoms with van der Waals surface area (Å²) in [4.78, 5) is 0. The van der Waals surface area contributed by atoms with E-state index in [0.29, 0.717) is 0 Å². The smallest absolute Gasteiger partial charge is 0.640 e. The summed E-state index contributed by atoms with van der Waals surface area (Å²) < 4.78 is 63.3. The first kappa shape index (κ1) is 18.0. The monoisotopic (exact) mass is 331 g/mol. The molecular weight excluding hydrogens is 315 g/mol. The minimum Gasteiger partial charge on any atom is -0.772 e. The molecule has 20 heavy (non-hydrogen) atoms. The van der Waals surface area contributed by atoms with E-state index in [4.69, 9.17) is 19.1 Å². The molecule has 1 N–H and O–H groups in total. The zero-order valence-electron chi connectivity index (χ0n) is 10.8. The maximum Gasteiger partial charge on any atom is 0.640 e. The molecule has 0 aromatic rings. The Balaban J connectivity index is 2.53. The Kier molecular flexibility index (Phi) is 7.54. The fourth-order valence-electron chi connectivity index (χ4n) is 1.43. The van der Waals surface area contributed by atoms with E-state index in [9.17, 15) is 17.2 Å². The molecule has 1 rings (SSSR count). The molecule has 0 aromatic carbocycles. The van der Waals surface area contributed by atoms with Gasteiger partial charge in [-0.25, -0.2) is 0 Å². The second-order valence-electron chi connectivity index (χ2n) is 3.92. The predicted octanol–water partition coefficient (Wildman–Crippen LogP) is -1.99. The zero-order valence-corrected chi connectivity index (χ0v) is 12.4. The average molecular weight is 331 g/mol. The van der Waals surface area contributed by atoms with E-state index < -0.39 is 53.1 Å². The summed E-state index contributed by atoms with van der Waals surface area (Å²) in [7, 11) is -4.87. The third-order valence-electron chi connectivity index (χ3n) is 2.26. The van der Waals surface area contributed by atoms with Crippen LogP contribution in [0.25, 0.3) is 0 Å². The highest BCUT2D eigenvalue weighted by Gasteiger charge is 2.36. The highest BCUT2D eigenvalue weighted by atomic mass is 32.2. The number of rotatable bonds is 9. The lowest BCUT2D eigenvalue weighted by Gasteiger charge is -2.22. The molecule has 12 heteroatoms. The lowest BCUT2D eigenvalue weighted by atomic mass is 10.2. The van der Waals surface area contributed by atoms with Crippen molar-refractivity contribution in [3.8, 4) is 0 Å². The molecule has 0 bridgehead atoms. The van der Waals surface area contributed by atoms with Gasteiger partial charge in [0.15, 0.2) is 0 Å². The van der Waals surface area contributed by atoms with E-state index >= 15 is 0 Å². The molecule has 0 aliphatic carbocycles. The summed E-state index contributed by atoms with van der Waals surface area (Å²) in [5.41, 5.74) is 0. The van der Waals surface area contributed by atoms with E-state index in [1.54, 1.807) is 6.92 Å². The third kappa shape index (κ3) is 6.58. The number of aliphatic hydroxyl groups excluding tert-OH is 1. The lowest BCUT2D eigenvalue weighted by molar-refractivity contribution is 0.0207.